The third-order valence-corrected chi connectivity index (χ3v) is 4.13. The monoisotopic (exact) mass is 359 g/mol. The van der Waals surface area contributed by atoms with E-state index in [2.05, 4.69) is 18.2 Å². The summed E-state index contributed by atoms with van der Waals surface area (Å²) >= 11 is 0. The van der Waals surface area contributed by atoms with Crippen molar-refractivity contribution in [2.75, 3.05) is 31.1 Å². The molecule has 0 aliphatic carbocycles. The number of terminal acetylenes is 1. The lowest BCUT2D eigenvalue weighted by atomic mass is 9.99. The van der Waals surface area contributed by atoms with Crippen LogP contribution in [0.1, 0.15) is 30.1 Å². The minimum atomic E-state index is -0.803. The van der Waals surface area contributed by atoms with Gasteiger partial charge in [-0.3, -0.25) is 14.9 Å². The van der Waals surface area contributed by atoms with E-state index in [1.807, 2.05) is 4.90 Å². The molecule has 1 aromatic rings. The Bertz CT molecular complexity index is 741. The number of benzene rings is 1. The maximum absolute atomic E-state index is 12.1. The highest BCUT2D eigenvalue weighted by molar-refractivity contribution is 5.93. The number of nitro benzene ring substituents is 1. The molecule has 1 amide bonds. The Hall–Kier alpha value is -3.08. The van der Waals surface area contributed by atoms with Gasteiger partial charge in [-0.2, -0.15) is 0 Å². The Morgan fingerprint density at radius 3 is 2.92 bits per heavy atom. The maximum Gasteiger partial charge on any atom is 0.338 e. The van der Waals surface area contributed by atoms with Crippen molar-refractivity contribution in [1.29, 1.82) is 0 Å². The van der Waals surface area contributed by atoms with Gasteiger partial charge in [0.25, 0.3) is 11.6 Å². The van der Waals surface area contributed by atoms with Crippen LogP contribution in [0.4, 0.5) is 11.4 Å². The number of nitro groups is 1. The van der Waals surface area contributed by atoms with E-state index >= 15 is 0 Å². The Morgan fingerprint density at radius 2 is 2.27 bits per heavy atom. The second kappa shape index (κ2) is 8.85. The van der Waals surface area contributed by atoms with E-state index in [9.17, 15) is 19.7 Å². The molecule has 1 aliphatic rings. The lowest BCUT2D eigenvalue weighted by Crippen LogP contribution is -2.34. The lowest BCUT2D eigenvalue weighted by molar-refractivity contribution is -0.384. The van der Waals surface area contributed by atoms with E-state index in [0.717, 1.165) is 25.9 Å². The van der Waals surface area contributed by atoms with E-state index in [1.165, 1.54) is 12.1 Å². The van der Waals surface area contributed by atoms with Crippen molar-refractivity contribution in [2.24, 2.45) is 5.92 Å². The zero-order valence-corrected chi connectivity index (χ0v) is 14.6. The minimum absolute atomic E-state index is 0.0234. The molecule has 8 heteroatoms. The SMILES string of the molecule is C#CCNC(=O)COC(=O)c1ccc(N2CCCC(C)C2)c([N+](=O)[O-])c1. The van der Waals surface area contributed by atoms with Gasteiger partial charge in [0.2, 0.25) is 0 Å². The maximum atomic E-state index is 12.1. The molecule has 138 valence electrons. The molecular weight excluding hydrogens is 338 g/mol. The number of carbonyl (C=O) groups is 2. The van der Waals surface area contributed by atoms with Crippen LogP contribution < -0.4 is 10.2 Å². The summed E-state index contributed by atoms with van der Waals surface area (Å²) in [5, 5.41) is 13.8. The van der Waals surface area contributed by atoms with Crippen molar-refractivity contribution in [1.82, 2.24) is 5.32 Å². The molecule has 1 fully saturated rings. The van der Waals surface area contributed by atoms with Crippen LogP contribution in [0.25, 0.3) is 0 Å². The summed E-state index contributed by atoms with van der Waals surface area (Å²) in [6, 6.07) is 4.23. The number of nitrogens with zero attached hydrogens (tertiary/aromatic N) is 2. The van der Waals surface area contributed by atoms with Gasteiger partial charge in [-0.1, -0.05) is 12.8 Å². The summed E-state index contributed by atoms with van der Waals surface area (Å²) in [4.78, 5) is 36.4. The fourth-order valence-electron chi connectivity index (χ4n) is 2.89. The molecule has 0 bridgehead atoms. The number of nitrogens with one attached hydrogen (secondary N) is 1. The molecule has 1 atom stereocenters. The van der Waals surface area contributed by atoms with Gasteiger partial charge in [-0.15, -0.1) is 6.42 Å². The third-order valence-electron chi connectivity index (χ3n) is 4.13. The summed E-state index contributed by atoms with van der Waals surface area (Å²) in [5.41, 5.74) is 0.366. The highest BCUT2D eigenvalue weighted by atomic mass is 16.6. The van der Waals surface area contributed by atoms with Gasteiger partial charge < -0.3 is 15.0 Å². The first-order valence-electron chi connectivity index (χ1n) is 8.33. The summed E-state index contributed by atoms with van der Waals surface area (Å²) < 4.78 is 4.87. The fourth-order valence-corrected chi connectivity index (χ4v) is 2.89. The summed E-state index contributed by atoms with van der Waals surface area (Å²) in [6.07, 6.45) is 7.07. The average molecular weight is 359 g/mol. The van der Waals surface area contributed by atoms with E-state index in [0.29, 0.717) is 11.6 Å². The molecule has 1 aliphatic heterocycles. The number of rotatable bonds is 6. The summed E-state index contributed by atoms with van der Waals surface area (Å²) in [5.74, 6) is 1.34. The summed E-state index contributed by atoms with van der Waals surface area (Å²) in [6.45, 7) is 3.11. The normalized spacial score (nSPS) is 16.5. The number of piperidine rings is 1. The van der Waals surface area contributed by atoms with Gasteiger partial charge in [0.1, 0.15) is 5.69 Å². The molecule has 1 heterocycles. The zero-order chi connectivity index (χ0) is 19.1. The van der Waals surface area contributed by atoms with Crippen molar-refractivity contribution >= 4 is 23.3 Å². The number of ether oxygens (including phenoxy) is 1. The van der Waals surface area contributed by atoms with Crippen molar-refractivity contribution < 1.29 is 19.2 Å². The smallest absolute Gasteiger partial charge is 0.338 e. The van der Waals surface area contributed by atoms with Crippen LogP contribution in [-0.4, -0.2) is 43.0 Å². The highest BCUT2D eigenvalue weighted by Gasteiger charge is 2.25. The Kier molecular flexibility index (Phi) is 6.55. The van der Waals surface area contributed by atoms with E-state index in [4.69, 9.17) is 11.2 Å². The van der Waals surface area contributed by atoms with Gasteiger partial charge in [0.05, 0.1) is 17.0 Å². The van der Waals surface area contributed by atoms with Crippen LogP contribution in [0.3, 0.4) is 0 Å². The molecule has 0 aromatic heterocycles. The number of esters is 1. The Balaban J connectivity index is 2.12. The van der Waals surface area contributed by atoms with Gasteiger partial charge in [-0.25, -0.2) is 4.79 Å². The molecule has 0 saturated carbocycles. The van der Waals surface area contributed by atoms with Crippen LogP contribution in [0.5, 0.6) is 0 Å². The number of anilines is 1. The van der Waals surface area contributed by atoms with Crippen molar-refractivity contribution in [3.05, 3.63) is 33.9 Å². The molecule has 1 N–H and O–H groups in total. The number of hydrogen-bond acceptors (Lipinski definition) is 6. The van der Waals surface area contributed by atoms with Crippen molar-refractivity contribution in [3.8, 4) is 12.3 Å². The molecule has 1 unspecified atom stereocenters. The lowest BCUT2D eigenvalue weighted by Gasteiger charge is -2.32. The van der Waals surface area contributed by atoms with Crippen LogP contribution >= 0.6 is 0 Å². The molecule has 1 saturated heterocycles. The van der Waals surface area contributed by atoms with Gasteiger partial charge in [-0.05, 0) is 30.9 Å². The summed E-state index contributed by atoms with van der Waals surface area (Å²) in [7, 11) is 0. The molecule has 26 heavy (non-hydrogen) atoms. The molecule has 0 radical (unpaired) electrons. The average Bonchev–Trinajstić information content (AvgIpc) is 2.63. The van der Waals surface area contributed by atoms with E-state index in [1.54, 1.807) is 6.07 Å². The van der Waals surface area contributed by atoms with Crippen molar-refractivity contribution in [2.45, 2.75) is 19.8 Å². The minimum Gasteiger partial charge on any atom is -0.452 e. The Morgan fingerprint density at radius 1 is 1.50 bits per heavy atom. The molecule has 8 nitrogen and oxygen atoms in total. The number of amides is 1. The van der Waals surface area contributed by atoms with Crippen LogP contribution in [-0.2, 0) is 9.53 Å². The second-order valence-electron chi connectivity index (χ2n) is 6.21. The Labute approximate surface area is 151 Å². The van der Waals surface area contributed by atoms with Gasteiger partial charge in [0.15, 0.2) is 6.61 Å². The van der Waals surface area contributed by atoms with E-state index < -0.39 is 23.4 Å². The first kappa shape index (κ1) is 19.2. The molecule has 2 rings (SSSR count). The quantitative estimate of drug-likeness (QED) is 0.359. The molecule has 1 aromatic carbocycles. The predicted molar refractivity (Wildman–Crippen MR) is 95.8 cm³/mol. The number of carbonyl (C=O) groups excluding carboxylic acids is 2. The van der Waals surface area contributed by atoms with Crippen LogP contribution in [0, 0.1) is 28.4 Å². The highest BCUT2D eigenvalue weighted by Crippen LogP contribution is 2.32. The molecular formula is C18H21N3O5. The van der Waals surface area contributed by atoms with Gasteiger partial charge >= 0.3 is 5.97 Å². The first-order chi connectivity index (χ1) is 12.4. The first-order valence-corrected chi connectivity index (χ1v) is 8.33. The topological polar surface area (TPSA) is 102 Å². The second-order valence-corrected chi connectivity index (χ2v) is 6.21. The zero-order valence-electron chi connectivity index (χ0n) is 14.6. The molecule has 0 spiro atoms. The largest absolute Gasteiger partial charge is 0.452 e. The van der Waals surface area contributed by atoms with Crippen molar-refractivity contribution in [3.63, 3.8) is 0 Å². The van der Waals surface area contributed by atoms with Crippen LogP contribution in [0.2, 0.25) is 0 Å². The van der Waals surface area contributed by atoms with E-state index in [-0.39, 0.29) is 17.8 Å². The predicted octanol–water partition coefficient (Wildman–Crippen LogP) is 1.74. The fraction of sp³-hybridized carbons (Fsp3) is 0.444. The number of hydrogen-bond donors (Lipinski definition) is 1. The van der Waals surface area contributed by atoms with Gasteiger partial charge in [0, 0.05) is 19.2 Å². The third kappa shape index (κ3) is 4.96. The van der Waals surface area contributed by atoms with Crippen LogP contribution in [0.15, 0.2) is 18.2 Å². The standard InChI is InChI=1S/C18H21N3O5/c1-3-8-19-17(22)12-26-18(23)14-6-7-15(16(10-14)21(24)25)20-9-4-5-13(2)11-20/h1,6-7,10,13H,4-5,8-9,11-12H2,2H3,(H,19,22).